The lowest BCUT2D eigenvalue weighted by molar-refractivity contribution is 0.300. The second-order valence-corrected chi connectivity index (χ2v) is 4.55. The zero-order valence-electron chi connectivity index (χ0n) is 7.86. The molecule has 0 aromatic carbocycles. The maximum atomic E-state index is 3.66. The number of alkyl halides is 1. The van der Waals surface area contributed by atoms with Crippen LogP contribution in [0.5, 0.6) is 0 Å². The van der Waals surface area contributed by atoms with Gasteiger partial charge in [-0.25, -0.2) is 0 Å². The Balaban J connectivity index is 2.55. The van der Waals surface area contributed by atoms with Crippen LogP contribution >= 0.6 is 15.9 Å². The third kappa shape index (κ3) is 1.49. The van der Waals surface area contributed by atoms with Crippen LogP contribution in [0.3, 0.4) is 0 Å². The maximum absolute atomic E-state index is 3.66. The van der Waals surface area contributed by atoms with Crippen LogP contribution in [0.2, 0.25) is 0 Å². The van der Waals surface area contributed by atoms with Gasteiger partial charge in [0.25, 0.3) is 0 Å². The first kappa shape index (κ1) is 9.57. The molecule has 1 heteroatoms. The molecule has 1 aliphatic carbocycles. The first-order valence-corrected chi connectivity index (χ1v) is 5.89. The minimum atomic E-state index is 0.684. The van der Waals surface area contributed by atoms with Crippen molar-refractivity contribution in [1.82, 2.24) is 0 Å². The van der Waals surface area contributed by atoms with Crippen molar-refractivity contribution in [3.05, 3.63) is 0 Å². The molecule has 0 radical (unpaired) electrons. The standard InChI is InChI=1S/C10H19Br/c1-4-9(5-2)10(7-11)6-8(10)3/h8-9H,4-7H2,1-3H3. The van der Waals surface area contributed by atoms with Gasteiger partial charge in [-0.3, -0.25) is 0 Å². The van der Waals surface area contributed by atoms with E-state index in [1.165, 1.54) is 24.6 Å². The zero-order chi connectivity index (χ0) is 8.48. The van der Waals surface area contributed by atoms with Crippen LogP contribution in [0.1, 0.15) is 40.0 Å². The van der Waals surface area contributed by atoms with E-state index in [-0.39, 0.29) is 0 Å². The fourth-order valence-corrected chi connectivity index (χ4v) is 3.72. The molecule has 0 bridgehead atoms. The normalized spacial score (nSPS) is 36.3. The Kier molecular flexibility index (Phi) is 3.02. The molecule has 0 nitrogen and oxygen atoms in total. The molecule has 66 valence electrons. The summed E-state index contributed by atoms with van der Waals surface area (Å²) in [6, 6.07) is 0. The summed E-state index contributed by atoms with van der Waals surface area (Å²) in [6.45, 7) is 7.03. The summed E-state index contributed by atoms with van der Waals surface area (Å²) in [5.41, 5.74) is 0.684. The Hall–Kier alpha value is 0.480. The molecule has 0 aliphatic heterocycles. The van der Waals surface area contributed by atoms with E-state index in [1.54, 1.807) is 0 Å². The summed E-state index contributed by atoms with van der Waals surface area (Å²) in [7, 11) is 0. The number of rotatable bonds is 4. The van der Waals surface area contributed by atoms with Gasteiger partial charge in [0.2, 0.25) is 0 Å². The Bertz CT molecular complexity index is 125. The molecule has 0 N–H and O–H groups in total. The summed E-state index contributed by atoms with van der Waals surface area (Å²) < 4.78 is 0. The Labute approximate surface area is 78.9 Å². The van der Waals surface area contributed by atoms with Crippen LogP contribution in [0.25, 0.3) is 0 Å². The van der Waals surface area contributed by atoms with E-state index >= 15 is 0 Å². The third-order valence-electron chi connectivity index (χ3n) is 3.55. The number of hydrogen-bond donors (Lipinski definition) is 0. The number of hydrogen-bond acceptors (Lipinski definition) is 0. The Morgan fingerprint density at radius 2 is 1.91 bits per heavy atom. The van der Waals surface area contributed by atoms with Crippen LogP contribution in [-0.2, 0) is 0 Å². The van der Waals surface area contributed by atoms with Gasteiger partial charge >= 0.3 is 0 Å². The van der Waals surface area contributed by atoms with Gasteiger partial charge < -0.3 is 0 Å². The van der Waals surface area contributed by atoms with Crippen molar-refractivity contribution in [2.45, 2.75) is 40.0 Å². The molecule has 2 atom stereocenters. The van der Waals surface area contributed by atoms with E-state index in [0.29, 0.717) is 5.41 Å². The summed E-state index contributed by atoms with van der Waals surface area (Å²) in [5, 5.41) is 1.22. The minimum Gasteiger partial charge on any atom is -0.0922 e. The highest BCUT2D eigenvalue weighted by molar-refractivity contribution is 9.09. The van der Waals surface area contributed by atoms with Crippen LogP contribution in [0.4, 0.5) is 0 Å². The van der Waals surface area contributed by atoms with Crippen molar-refractivity contribution < 1.29 is 0 Å². The van der Waals surface area contributed by atoms with Gasteiger partial charge in [0.1, 0.15) is 0 Å². The van der Waals surface area contributed by atoms with E-state index in [2.05, 4.69) is 36.7 Å². The highest BCUT2D eigenvalue weighted by Crippen LogP contribution is 2.60. The lowest BCUT2D eigenvalue weighted by atomic mass is 9.85. The average molecular weight is 219 g/mol. The molecule has 11 heavy (non-hydrogen) atoms. The van der Waals surface area contributed by atoms with Gasteiger partial charge in [-0.05, 0) is 23.7 Å². The lowest BCUT2D eigenvalue weighted by Gasteiger charge is -2.23. The predicted octanol–water partition coefficient (Wildman–Crippen LogP) is 3.84. The van der Waals surface area contributed by atoms with Crippen molar-refractivity contribution >= 4 is 15.9 Å². The molecule has 0 heterocycles. The monoisotopic (exact) mass is 218 g/mol. The molecule has 0 aromatic heterocycles. The van der Waals surface area contributed by atoms with Crippen molar-refractivity contribution in [2.24, 2.45) is 17.3 Å². The fourth-order valence-electron chi connectivity index (χ4n) is 2.48. The van der Waals surface area contributed by atoms with Crippen LogP contribution in [-0.4, -0.2) is 5.33 Å². The largest absolute Gasteiger partial charge is 0.0922 e. The first-order valence-electron chi connectivity index (χ1n) is 4.77. The van der Waals surface area contributed by atoms with Crippen molar-refractivity contribution in [3.63, 3.8) is 0 Å². The van der Waals surface area contributed by atoms with Crippen molar-refractivity contribution in [1.29, 1.82) is 0 Å². The highest BCUT2D eigenvalue weighted by Gasteiger charge is 2.53. The minimum absolute atomic E-state index is 0.684. The Morgan fingerprint density at radius 3 is 2.00 bits per heavy atom. The van der Waals surface area contributed by atoms with E-state index in [9.17, 15) is 0 Å². The summed E-state index contributed by atoms with van der Waals surface area (Å²) in [4.78, 5) is 0. The highest BCUT2D eigenvalue weighted by atomic mass is 79.9. The molecule has 1 aliphatic rings. The average Bonchev–Trinajstić information content (AvgIpc) is 2.66. The smallest absolute Gasteiger partial charge is 0.00932 e. The molecule has 2 unspecified atom stereocenters. The van der Waals surface area contributed by atoms with Crippen LogP contribution in [0, 0.1) is 17.3 Å². The molecule has 1 rings (SSSR count). The molecule has 1 saturated carbocycles. The molecule has 0 aromatic rings. The molecule has 0 amide bonds. The summed E-state index contributed by atoms with van der Waals surface area (Å²) >= 11 is 3.66. The van der Waals surface area contributed by atoms with Gasteiger partial charge in [0.15, 0.2) is 0 Å². The van der Waals surface area contributed by atoms with E-state index in [4.69, 9.17) is 0 Å². The van der Waals surface area contributed by atoms with Gasteiger partial charge in [-0.1, -0.05) is 49.5 Å². The Morgan fingerprint density at radius 1 is 1.45 bits per heavy atom. The first-order chi connectivity index (χ1) is 5.21. The molecule has 0 saturated heterocycles. The topological polar surface area (TPSA) is 0 Å². The van der Waals surface area contributed by atoms with E-state index in [1.807, 2.05) is 0 Å². The molecular formula is C10H19Br. The van der Waals surface area contributed by atoms with Gasteiger partial charge in [-0.15, -0.1) is 0 Å². The summed E-state index contributed by atoms with van der Waals surface area (Å²) in [5.74, 6) is 1.92. The number of halogens is 1. The van der Waals surface area contributed by atoms with Gasteiger partial charge in [0, 0.05) is 5.33 Å². The maximum Gasteiger partial charge on any atom is 0.00932 e. The van der Waals surface area contributed by atoms with Gasteiger partial charge in [-0.2, -0.15) is 0 Å². The predicted molar refractivity (Wildman–Crippen MR) is 54.1 cm³/mol. The molecular weight excluding hydrogens is 200 g/mol. The van der Waals surface area contributed by atoms with E-state index < -0.39 is 0 Å². The van der Waals surface area contributed by atoms with Crippen LogP contribution in [0.15, 0.2) is 0 Å². The lowest BCUT2D eigenvalue weighted by Crippen LogP contribution is -2.18. The van der Waals surface area contributed by atoms with E-state index in [0.717, 1.165) is 11.8 Å². The quantitative estimate of drug-likeness (QED) is 0.630. The molecule has 0 spiro atoms. The third-order valence-corrected chi connectivity index (χ3v) is 4.60. The van der Waals surface area contributed by atoms with Crippen molar-refractivity contribution in [2.75, 3.05) is 5.33 Å². The van der Waals surface area contributed by atoms with Crippen LogP contribution < -0.4 is 0 Å². The molecule has 1 fully saturated rings. The zero-order valence-corrected chi connectivity index (χ0v) is 9.45. The second kappa shape index (κ2) is 3.47. The SMILES string of the molecule is CCC(CC)C1(CBr)CC1C. The van der Waals surface area contributed by atoms with Crippen molar-refractivity contribution in [3.8, 4) is 0 Å². The second-order valence-electron chi connectivity index (χ2n) is 3.99. The fraction of sp³-hybridized carbons (Fsp3) is 1.00. The summed E-state index contributed by atoms with van der Waals surface area (Å²) in [6.07, 6.45) is 4.16. The van der Waals surface area contributed by atoms with Gasteiger partial charge in [0.05, 0.1) is 0 Å².